The maximum absolute atomic E-state index is 12.9. The van der Waals surface area contributed by atoms with E-state index in [-0.39, 0.29) is 12.5 Å². The minimum absolute atomic E-state index is 0.173. The lowest BCUT2D eigenvalue weighted by Gasteiger charge is -2.37. The molecule has 0 bridgehead atoms. The van der Waals surface area contributed by atoms with Crippen LogP contribution in [0.5, 0.6) is 5.75 Å². The minimum Gasteiger partial charge on any atom is -0.493 e. The first-order valence-electron chi connectivity index (χ1n) is 9.76. The number of hydrogen-bond donors (Lipinski definition) is 1. The molecule has 1 fully saturated rings. The third-order valence-corrected chi connectivity index (χ3v) is 4.95. The highest BCUT2D eigenvalue weighted by Gasteiger charge is 2.42. The van der Waals surface area contributed by atoms with Gasteiger partial charge in [0.2, 0.25) is 0 Å². The van der Waals surface area contributed by atoms with Crippen LogP contribution in [-0.2, 0) is 14.3 Å². The van der Waals surface area contributed by atoms with Crippen LogP contribution in [0.2, 0.25) is 0 Å². The molecule has 150 valence electrons. The summed E-state index contributed by atoms with van der Waals surface area (Å²) in [5.41, 5.74) is 0.0206. The number of anilines is 1. The number of hydrogen-bond acceptors (Lipinski definition) is 5. The maximum atomic E-state index is 12.9. The first-order chi connectivity index (χ1) is 13.0. The van der Waals surface area contributed by atoms with Crippen molar-refractivity contribution < 1.29 is 23.8 Å². The Labute approximate surface area is 161 Å². The molecule has 1 amide bonds. The van der Waals surface area contributed by atoms with Gasteiger partial charge in [-0.1, -0.05) is 20.3 Å². The van der Waals surface area contributed by atoms with E-state index in [1.54, 1.807) is 32.2 Å². The fourth-order valence-electron chi connectivity index (χ4n) is 3.55. The van der Waals surface area contributed by atoms with Gasteiger partial charge < -0.3 is 19.5 Å². The summed E-state index contributed by atoms with van der Waals surface area (Å²) in [6.45, 7) is 6.66. The minimum atomic E-state index is -0.820. The standard InChI is InChI=1S/C21H31NO5/c1-5-12-27-18-10-9-16(13-17(18)19(23)26-6-2)22-20(24)21(25-4)11-7-8-15(3)14-21/h9-10,13,15H,5-8,11-12,14H2,1-4H3,(H,22,24)/t15-,21-/m1/s1. The molecule has 0 aliphatic heterocycles. The maximum Gasteiger partial charge on any atom is 0.341 e. The van der Waals surface area contributed by atoms with Crippen molar-refractivity contribution in [3.8, 4) is 5.75 Å². The zero-order valence-corrected chi connectivity index (χ0v) is 16.8. The van der Waals surface area contributed by atoms with Gasteiger partial charge in [0.15, 0.2) is 0 Å². The van der Waals surface area contributed by atoms with Gasteiger partial charge in [0, 0.05) is 12.8 Å². The topological polar surface area (TPSA) is 73.9 Å². The van der Waals surface area contributed by atoms with Crippen LogP contribution < -0.4 is 10.1 Å². The summed E-state index contributed by atoms with van der Waals surface area (Å²) in [4.78, 5) is 25.2. The zero-order chi connectivity index (χ0) is 19.9. The smallest absolute Gasteiger partial charge is 0.341 e. The van der Waals surface area contributed by atoms with E-state index >= 15 is 0 Å². The summed E-state index contributed by atoms with van der Waals surface area (Å²) in [7, 11) is 1.59. The highest BCUT2D eigenvalue weighted by molar-refractivity contribution is 5.99. The van der Waals surface area contributed by atoms with Crippen LogP contribution >= 0.6 is 0 Å². The number of amides is 1. The van der Waals surface area contributed by atoms with E-state index < -0.39 is 11.6 Å². The number of ether oxygens (including phenoxy) is 3. The van der Waals surface area contributed by atoms with Crippen molar-refractivity contribution in [1.29, 1.82) is 0 Å². The SMILES string of the molecule is CCCOc1ccc(NC(=O)[C@@]2(OC)CCC[C@@H](C)C2)cc1C(=O)OCC. The molecular weight excluding hydrogens is 346 g/mol. The van der Waals surface area contributed by atoms with E-state index in [1.807, 2.05) is 6.92 Å². The van der Waals surface area contributed by atoms with Crippen molar-refractivity contribution in [1.82, 2.24) is 0 Å². The quantitative estimate of drug-likeness (QED) is 0.688. The molecule has 1 aromatic rings. The fourth-order valence-corrected chi connectivity index (χ4v) is 3.55. The van der Waals surface area contributed by atoms with Gasteiger partial charge in [-0.2, -0.15) is 0 Å². The predicted octanol–water partition coefficient (Wildman–Crippen LogP) is 4.19. The molecule has 1 aliphatic rings. The van der Waals surface area contributed by atoms with Crippen LogP contribution in [0.3, 0.4) is 0 Å². The lowest BCUT2D eigenvalue weighted by atomic mass is 9.78. The summed E-state index contributed by atoms with van der Waals surface area (Å²) >= 11 is 0. The third kappa shape index (κ3) is 5.22. The van der Waals surface area contributed by atoms with Gasteiger partial charge in [-0.25, -0.2) is 4.79 Å². The van der Waals surface area contributed by atoms with E-state index in [0.29, 0.717) is 42.4 Å². The molecule has 0 heterocycles. The van der Waals surface area contributed by atoms with Gasteiger partial charge in [-0.05, 0) is 56.7 Å². The number of nitrogens with one attached hydrogen (secondary N) is 1. The Morgan fingerprint density at radius 2 is 2.07 bits per heavy atom. The molecule has 1 N–H and O–H groups in total. The lowest BCUT2D eigenvalue weighted by molar-refractivity contribution is -0.143. The van der Waals surface area contributed by atoms with Gasteiger partial charge in [-0.15, -0.1) is 0 Å². The molecule has 0 saturated heterocycles. The number of benzene rings is 1. The highest BCUT2D eigenvalue weighted by Crippen LogP contribution is 2.36. The molecule has 1 saturated carbocycles. The van der Waals surface area contributed by atoms with E-state index in [1.165, 1.54) is 0 Å². The number of carbonyl (C=O) groups excluding carboxylic acids is 2. The molecule has 6 nitrogen and oxygen atoms in total. The summed E-state index contributed by atoms with van der Waals surface area (Å²) in [5.74, 6) is 0.256. The number of methoxy groups -OCH3 is 1. The number of rotatable bonds is 8. The molecule has 0 aromatic heterocycles. The van der Waals surface area contributed by atoms with E-state index in [2.05, 4.69) is 12.2 Å². The van der Waals surface area contributed by atoms with Crippen molar-refractivity contribution in [2.45, 2.75) is 58.5 Å². The van der Waals surface area contributed by atoms with Crippen molar-refractivity contribution in [3.05, 3.63) is 23.8 Å². The van der Waals surface area contributed by atoms with E-state index in [4.69, 9.17) is 14.2 Å². The van der Waals surface area contributed by atoms with Crippen LogP contribution in [0.25, 0.3) is 0 Å². The Morgan fingerprint density at radius 1 is 1.30 bits per heavy atom. The van der Waals surface area contributed by atoms with Crippen molar-refractivity contribution in [2.75, 3.05) is 25.6 Å². The molecular formula is C21H31NO5. The van der Waals surface area contributed by atoms with Gasteiger partial charge in [0.1, 0.15) is 16.9 Å². The fraction of sp³-hybridized carbons (Fsp3) is 0.619. The molecule has 0 spiro atoms. The molecule has 1 aliphatic carbocycles. The van der Waals surface area contributed by atoms with Gasteiger partial charge in [-0.3, -0.25) is 4.79 Å². The van der Waals surface area contributed by atoms with Crippen molar-refractivity contribution >= 4 is 17.6 Å². The Bertz CT molecular complexity index is 660. The van der Waals surface area contributed by atoms with E-state index in [0.717, 1.165) is 19.3 Å². The summed E-state index contributed by atoms with van der Waals surface area (Å²) in [5, 5.41) is 2.92. The first-order valence-corrected chi connectivity index (χ1v) is 9.76. The van der Waals surface area contributed by atoms with Crippen LogP contribution in [0.15, 0.2) is 18.2 Å². The summed E-state index contributed by atoms with van der Waals surface area (Å²) in [6.07, 6.45) is 4.28. The Hall–Kier alpha value is -2.08. The molecule has 2 atom stereocenters. The molecule has 2 rings (SSSR count). The molecule has 6 heteroatoms. The zero-order valence-electron chi connectivity index (χ0n) is 16.8. The normalized spacial score (nSPS) is 22.1. The van der Waals surface area contributed by atoms with Gasteiger partial charge in [0.05, 0.1) is 13.2 Å². The Balaban J connectivity index is 2.23. The molecule has 27 heavy (non-hydrogen) atoms. The summed E-state index contributed by atoms with van der Waals surface area (Å²) < 4.78 is 16.4. The number of carbonyl (C=O) groups is 2. The molecule has 1 aromatic carbocycles. The van der Waals surface area contributed by atoms with Crippen molar-refractivity contribution in [3.63, 3.8) is 0 Å². The third-order valence-electron chi connectivity index (χ3n) is 4.95. The monoisotopic (exact) mass is 377 g/mol. The summed E-state index contributed by atoms with van der Waals surface area (Å²) in [6, 6.07) is 5.04. The lowest BCUT2D eigenvalue weighted by Crippen LogP contribution is -2.47. The predicted molar refractivity (Wildman–Crippen MR) is 104 cm³/mol. The van der Waals surface area contributed by atoms with Gasteiger partial charge >= 0.3 is 5.97 Å². The highest BCUT2D eigenvalue weighted by atomic mass is 16.5. The van der Waals surface area contributed by atoms with Gasteiger partial charge in [0.25, 0.3) is 5.91 Å². The molecule has 0 unspecified atom stereocenters. The second kappa shape index (κ2) is 9.74. The van der Waals surface area contributed by atoms with Crippen LogP contribution in [0, 0.1) is 5.92 Å². The largest absolute Gasteiger partial charge is 0.493 e. The number of esters is 1. The first kappa shape index (κ1) is 21.2. The van der Waals surface area contributed by atoms with Crippen LogP contribution in [0.1, 0.15) is 63.2 Å². The van der Waals surface area contributed by atoms with Crippen LogP contribution in [-0.4, -0.2) is 37.8 Å². The Kier molecular flexibility index (Phi) is 7.66. The second-order valence-electron chi connectivity index (χ2n) is 7.13. The Morgan fingerprint density at radius 3 is 2.70 bits per heavy atom. The average Bonchev–Trinajstić information content (AvgIpc) is 2.66. The van der Waals surface area contributed by atoms with E-state index in [9.17, 15) is 9.59 Å². The van der Waals surface area contributed by atoms with Crippen LogP contribution in [0.4, 0.5) is 5.69 Å². The molecule has 0 radical (unpaired) electrons. The van der Waals surface area contributed by atoms with Crippen molar-refractivity contribution in [2.24, 2.45) is 5.92 Å². The average molecular weight is 377 g/mol. The second-order valence-corrected chi connectivity index (χ2v) is 7.13.